The summed E-state index contributed by atoms with van der Waals surface area (Å²) in [7, 11) is 0. The summed E-state index contributed by atoms with van der Waals surface area (Å²) in [5.41, 5.74) is 1.05. The highest BCUT2D eigenvalue weighted by Crippen LogP contribution is 2.08. The maximum absolute atomic E-state index is 10.6. The van der Waals surface area contributed by atoms with Gasteiger partial charge >= 0.3 is 0 Å². The molecule has 0 unspecified atom stereocenters. The van der Waals surface area contributed by atoms with E-state index in [-0.39, 0.29) is 5.78 Å². The van der Waals surface area contributed by atoms with Gasteiger partial charge in [-0.1, -0.05) is 0 Å². The maximum atomic E-state index is 10.6. The van der Waals surface area contributed by atoms with E-state index in [1.807, 2.05) is 13.0 Å². The van der Waals surface area contributed by atoms with E-state index >= 15 is 0 Å². The third-order valence-electron chi connectivity index (χ3n) is 1.38. The van der Waals surface area contributed by atoms with Crippen molar-refractivity contribution in [1.29, 1.82) is 0 Å². The van der Waals surface area contributed by atoms with Crippen molar-refractivity contribution in [2.45, 2.75) is 20.3 Å². The number of rotatable bonds is 2. The van der Waals surface area contributed by atoms with Gasteiger partial charge in [0.05, 0.1) is 12.7 Å². The zero-order valence-corrected chi connectivity index (χ0v) is 6.18. The number of hydrogen-bond donors (Lipinski definition) is 0. The molecule has 54 valence electrons. The number of hydrogen-bond acceptors (Lipinski definition) is 2. The van der Waals surface area contributed by atoms with Crippen molar-refractivity contribution in [2.75, 3.05) is 0 Å². The van der Waals surface area contributed by atoms with Crippen LogP contribution in [-0.2, 0) is 11.2 Å². The van der Waals surface area contributed by atoms with Crippen LogP contribution in [0.25, 0.3) is 0 Å². The molecule has 0 aliphatic rings. The topological polar surface area (TPSA) is 30.2 Å². The first-order valence-corrected chi connectivity index (χ1v) is 3.22. The van der Waals surface area contributed by atoms with E-state index < -0.39 is 0 Å². The second kappa shape index (κ2) is 2.69. The summed E-state index contributed by atoms with van der Waals surface area (Å²) in [5.74, 6) is 0.922. The van der Waals surface area contributed by atoms with Gasteiger partial charge in [0, 0.05) is 0 Å². The lowest BCUT2D eigenvalue weighted by Gasteiger charge is -1.91. The van der Waals surface area contributed by atoms with E-state index in [1.54, 1.807) is 13.2 Å². The SMILES string of the molecule is CC(=O)Cc1occc1C. The van der Waals surface area contributed by atoms with Crippen LogP contribution in [0, 0.1) is 6.92 Å². The second-order valence-electron chi connectivity index (χ2n) is 2.41. The lowest BCUT2D eigenvalue weighted by molar-refractivity contribution is -0.116. The molecular weight excluding hydrogens is 128 g/mol. The highest BCUT2D eigenvalue weighted by molar-refractivity contribution is 5.77. The number of furan rings is 1. The van der Waals surface area contributed by atoms with Gasteiger partial charge in [0.25, 0.3) is 0 Å². The Hall–Kier alpha value is -1.05. The number of carbonyl (C=O) groups excluding carboxylic acids is 1. The molecule has 1 heterocycles. The van der Waals surface area contributed by atoms with Gasteiger partial charge in [-0.2, -0.15) is 0 Å². The molecule has 0 N–H and O–H groups in total. The molecule has 0 saturated carbocycles. The fourth-order valence-electron chi connectivity index (χ4n) is 0.811. The Bertz CT molecular complexity index is 235. The molecule has 0 aliphatic carbocycles. The second-order valence-corrected chi connectivity index (χ2v) is 2.41. The molecule has 2 nitrogen and oxygen atoms in total. The average molecular weight is 138 g/mol. The monoisotopic (exact) mass is 138 g/mol. The lowest BCUT2D eigenvalue weighted by Crippen LogP contribution is -1.95. The zero-order chi connectivity index (χ0) is 7.56. The molecule has 0 atom stereocenters. The summed E-state index contributed by atoms with van der Waals surface area (Å²) in [4.78, 5) is 10.6. The number of aryl methyl sites for hydroxylation is 1. The van der Waals surface area contributed by atoms with Crippen LogP contribution >= 0.6 is 0 Å². The summed E-state index contributed by atoms with van der Waals surface area (Å²) in [6, 6.07) is 1.86. The van der Waals surface area contributed by atoms with E-state index in [4.69, 9.17) is 4.42 Å². The Balaban J connectivity index is 2.74. The zero-order valence-electron chi connectivity index (χ0n) is 6.18. The highest BCUT2D eigenvalue weighted by atomic mass is 16.3. The molecule has 0 aliphatic heterocycles. The Morgan fingerprint density at radius 1 is 1.70 bits per heavy atom. The molecule has 2 heteroatoms. The standard InChI is InChI=1S/C8H10O2/c1-6-3-4-10-8(6)5-7(2)9/h3-4H,5H2,1-2H3. The van der Waals surface area contributed by atoms with Gasteiger partial charge in [0.2, 0.25) is 0 Å². The van der Waals surface area contributed by atoms with Crippen LogP contribution < -0.4 is 0 Å². The van der Waals surface area contributed by atoms with Gasteiger partial charge in [0.15, 0.2) is 0 Å². The third kappa shape index (κ3) is 1.47. The molecular formula is C8H10O2. The number of Topliss-reactive ketones (excluding diaryl/α,β-unsaturated/α-hetero) is 1. The van der Waals surface area contributed by atoms with Crippen molar-refractivity contribution in [1.82, 2.24) is 0 Å². The quantitative estimate of drug-likeness (QED) is 0.622. The van der Waals surface area contributed by atoms with E-state index in [0.717, 1.165) is 11.3 Å². The molecule has 1 rings (SSSR count). The fourth-order valence-corrected chi connectivity index (χ4v) is 0.811. The molecule has 0 fully saturated rings. The fraction of sp³-hybridized carbons (Fsp3) is 0.375. The van der Waals surface area contributed by atoms with Gasteiger partial charge in [-0.25, -0.2) is 0 Å². The normalized spacial score (nSPS) is 9.80. The minimum absolute atomic E-state index is 0.137. The largest absolute Gasteiger partial charge is 0.469 e. The van der Waals surface area contributed by atoms with E-state index in [9.17, 15) is 4.79 Å². The summed E-state index contributed by atoms with van der Waals surface area (Å²) < 4.78 is 5.05. The van der Waals surface area contributed by atoms with Gasteiger partial charge in [-0.3, -0.25) is 4.79 Å². The van der Waals surface area contributed by atoms with Crippen LogP contribution in [0.1, 0.15) is 18.2 Å². The summed E-state index contributed by atoms with van der Waals surface area (Å²) in [6.45, 7) is 3.49. The van der Waals surface area contributed by atoms with Crippen LogP contribution in [0.2, 0.25) is 0 Å². The first kappa shape index (κ1) is 7.06. The van der Waals surface area contributed by atoms with Gasteiger partial charge < -0.3 is 4.42 Å². The molecule has 0 aromatic carbocycles. The van der Waals surface area contributed by atoms with Crippen molar-refractivity contribution in [3.8, 4) is 0 Å². The molecule has 0 spiro atoms. The molecule has 0 bridgehead atoms. The van der Waals surface area contributed by atoms with E-state index in [1.165, 1.54) is 0 Å². The highest BCUT2D eigenvalue weighted by Gasteiger charge is 2.03. The first-order valence-electron chi connectivity index (χ1n) is 3.22. The van der Waals surface area contributed by atoms with E-state index in [0.29, 0.717) is 6.42 Å². The van der Waals surface area contributed by atoms with Crippen molar-refractivity contribution in [3.05, 3.63) is 23.7 Å². The molecule has 1 aromatic rings. The third-order valence-corrected chi connectivity index (χ3v) is 1.38. The Morgan fingerprint density at radius 2 is 2.40 bits per heavy atom. The maximum Gasteiger partial charge on any atom is 0.137 e. The smallest absolute Gasteiger partial charge is 0.137 e. The minimum atomic E-state index is 0.137. The van der Waals surface area contributed by atoms with Crippen molar-refractivity contribution in [2.24, 2.45) is 0 Å². The predicted octanol–water partition coefficient (Wildman–Crippen LogP) is 1.72. The van der Waals surface area contributed by atoms with Crippen LogP contribution in [0.5, 0.6) is 0 Å². The van der Waals surface area contributed by atoms with Crippen molar-refractivity contribution >= 4 is 5.78 Å². The lowest BCUT2D eigenvalue weighted by atomic mass is 10.2. The first-order chi connectivity index (χ1) is 4.70. The number of ketones is 1. The minimum Gasteiger partial charge on any atom is -0.469 e. The van der Waals surface area contributed by atoms with Crippen LogP contribution in [0.4, 0.5) is 0 Å². The van der Waals surface area contributed by atoms with Gasteiger partial charge in [-0.05, 0) is 25.5 Å². The van der Waals surface area contributed by atoms with Gasteiger partial charge in [0.1, 0.15) is 11.5 Å². The Labute approximate surface area is 59.8 Å². The van der Waals surface area contributed by atoms with Gasteiger partial charge in [-0.15, -0.1) is 0 Å². The Kier molecular flexibility index (Phi) is 1.90. The van der Waals surface area contributed by atoms with Crippen LogP contribution in [0.15, 0.2) is 16.7 Å². The molecule has 0 radical (unpaired) electrons. The average Bonchev–Trinajstić information content (AvgIpc) is 2.15. The molecule has 0 amide bonds. The van der Waals surface area contributed by atoms with Crippen LogP contribution in [-0.4, -0.2) is 5.78 Å². The summed E-state index contributed by atoms with van der Waals surface area (Å²) in [6.07, 6.45) is 2.02. The summed E-state index contributed by atoms with van der Waals surface area (Å²) in [5, 5.41) is 0. The van der Waals surface area contributed by atoms with E-state index in [2.05, 4.69) is 0 Å². The van der Waals surface area contributed by atoms with Crippen LogP contribution in [0.3, 0.4) is 0 Å². The summed E-state index contributed by atoms with van der Waals surface area (Å²) >= 11 is 0. The van der Waals surface area contributed by atoms with Crippen molar-refractivity contribution in [3.63, 3.8) is 0 Å². The number of carbonyl (C=O) groups is 1. The molecule has 1 aromatic heterocycles. The van der Waals surface area contributed by atoms with Crippen molar-refractivity contribution < 1.29 is 9.21 Å². The Morgan fingerprint density at radius 3 is 2.80 bits per heavy atom. The molecule has 10 heavy (non-hydrogen) atoms. The molecule has 0 saturated heterocycles. The predicted molar refractivity (Wildman–Crippen MR) is 37.8 cm³/mol.